The van der Waals surface area contributed by atoms with Gasteiger partial charge in [-0.1, -0.05) is 12.2 Å². The predicted molar refractivity (Wildman–Crippen MR) is 144 cm³/mol. The number of phosphoric ester groups is 1. The zero-order chi connectivity index (χ0) is 31.4. The first-order valence-corrected chi connectivity index (χ1v) is 16.8. The normalized spacial score (nSPS) is 41.9. The average Bonchev–Trinajstić information content (AvgIpc) is 3.07. The minimum Gasteiger partial charge on any atom is -0.394 e. The molecule has 9 unspecified atom stereocenters. The predicted octanol–water partition coefficient (Wildman–Crippen LogP) is -2.72. The number of aliphatic hydroxyl groups excluding tert-OH is 5. The fourth-order valence-corrected chi connectivity index (χ4v) is 8.49. The number of phosphoric acid groups is 1. The van der Waals surface area contributed by atoms with Gasteiger partial charge in [-0.25, -0.2) is 19.1 Å². The molecule has 4 heterocycles. The molecular formula is C20H35N5O14P2S. The highest BCUT2D eigenvalue weighted by molar-refractivity contribution is 8.45. The Morgan fingerprint density at radius 3 is 2.57 bits per heavy atom. The Morgan fingerprint density at radius 1 is 1.26 bits per heavy atom. The first kappa shape index (κ1) is 33.9. The van der Waals surface area contributed by atoms with Crippen LogP contribution in [0.2, 0.25) is 0 Å². The lowest BCUT2D eigenvalue weighted by Crippen LogP contribution is -2.61. The van der Waals surface area contributed by atoms with Crippen molar-refractivity contribution in [2.24, 2.45) is 5.73 Å². The molecule has 0 radical (unpaired) electrons. The lowest BCUT2D eigenvalue weighted by atomic mass is 9.72. The van der Waals surface area contributed by atoms with Crippen LogP contribution in [0.5, 0.6) is 0 Å². The smallest absolute Gasteiger partial charge is 0.394 e. The summed E-state index contributed by atoms with van der Waals surface area (Å²) in [5.41, 5.74) is 9.59. The number of fused-ring (bicyclic) bond motifs is 2. The molecule has 12 N–H and O–H groups in total. The van der Waals surface area contributed by atoms with Gasteiger partial charge in [0.15, 0.2) is 12.1 Å². The van der Waals surface area contributed by atoms with Crippen LogP contribution in [0.3, 0.4) is 0 Å². The molecule has 1 aromatic heterocycles. The van der Waals surface area contributed by atoms with Gasteiger partial charge in [0.05, 0.1) is 19.3 Å². The highest BCUT2D eigenvalue weighted by atomic mass is 32.7. The van der Waals surface area contributed by atoms with Crippen molar-refractivity contribution in [3.63, 3.8) is 0 Å². The molecule has 2 saturated heterocycles. The number of rotatable bonds is 9. The van der Waals surface area contributed by atoms with E-state index < -0.39 is 88.0 Å². The maximum absolute atomic E-state index is 12.9. The Hall–Kier alpha value is -1.03. The van der Waals surface area contributed by atoms with Crippen LogP contribution in [0.15, 0.2) is 6.33 Å². The fraction of sp³-hybridized carbons (Fsp3) is 0.800. The second-order valence-corrected chi connectivity index (χ2v) is 15.0. The number of nitrogens with two attached hydrogens (primary N) is 2. The van der Waals surface area contributed by atoms with Gasteiger partial charge in [-0.15, -0.1) is 0 Å². The van der Waals surface area contributed by atoms with E-state index >= 15 is 0 Å². The number of aliphatic hydroxyl groups is 6. The lowest BCUT2D eigenvalue weighted by Gasteiger charge is -2.45. The second kappa shape index (κ2) is 12.1. The Labute approximate surface area is 244 Å². The molecular weight excluding hydrogens is 628 g/mol. The molecule has 22 heteroatoms. The van der Waals surface area contributed by atoms with Gasteiger partial charge < -0.3 is 61.8 Å². The van der Waals surface area contributed by atoms with Crippen LogP contribution < -0.4 is 16.8 Å². The summed E-state index contributed by atoms with van der Waals surface area (Å²) in [5.74, 6) is 0.108. The molecule has 1 aromatic rings. The zero-order valence-corrected chi connectivity index (χ0v) is 25.0. The summed E-state index contributed by atoms with van der Waals surface area (Å²) in [7, 11) is -5.47. The average molecular weight is 664 g/mol. The Morgan fingerprint density at radius 2 is 1.93 bits per heavy atom. The van der Waals surface area contributed by atoms with Gasteiger partial charge in [0.25, 0.3) is 0 Å². The van der Waals surface area contributed by atoms with Crippen LogP contribution in [-0.4, -0.2) is 119 Å². The molecule has 2 fully saturated rings. The van der Waals surface area contributed by atoms with Crippen molar-refractivity contribution in [1.82, 2.24) is 9.97 Å². The first-order valence-electron chi connectivity index (χ1n) is 12.6. The van der Waals surface area contributed by atoms with Crippen molar-refractivity contribution < 1.29 is 67.5 Å². The van der Waals surface area contributed by atoms with Crippen LogP contribution in [0.1, 0.15) is 26.0 Å². The topological polar surface area (TPSA) is 312 Å². The summed E-state index contributed by atoms with van der Waals surface area (Å²) in [6, 6.07) is -1.46. The molecule has 0 aliphatic carbocycles. The van der Waals surface area contributed by atoms with Crippen LogP contribution >= 0.6 is 26.9 Å². The molecule has 0 bridgehead atoms. The van der Waals surface area contributed by atoms with Crippen LogP contribution in [0.25, 0.3) is 0 Å². The Balaban J connectivity index is 1.46. The number of hydrogen-bond donors (Lipinski definition) is 11. The first-order chi connectivity index (χ1) is 19.4. The van der Waals surface area contributed by atoms with Gasteiger partial charge in [0.2, 0.25) is 0 Å². The third-order valence-corrected chi connectivity index (χ3v) is 11.1. The van der Waals surface area contributed by atoms with Gasteiger partial charge >= 0.3 is 14.6 Å². The van der Waals surface area contributed by atoms with E-state index in [0.29, 0.717) is 5.69 Å². The van der Waals surface area contributed by atoms with Crippen molar-refractivity contribution >= 4 is 38.4 Å². The SMILES string of the molecule is CC1CC2(O[C@H](COP(=O)(S)OP(=O)(O)OC3OC([C@@H](O)CO)C(O)C(O)C3O)[C@@H](N)[C@@]2(C)O)c2ncnc(N)c2N1. The van der Waals surface area contributed by atoms with Crippen LogP contribution in [-0.2, 0) is 37.6 Å². The van der Waals surface area contributed by atoms with E-state index in [1.807, 2.05) is 0 Å². The van der Waals surface area contributed by atoms with Crippen molar-refractivity contribution in [1.29, 1.82) is 0 Å². The molecule has 0 amide bonds. The molecule has 13 atom stereocenters. The van der Waals surface area contributed by atoms with E-state index in [1.54, 1.807) is 6.92 Å². The number of nitrogen functional groups attached to an aromatic ring is 1. The maximum atomic E-state index is 12.9. The van der Waals surface area contributed by atoms with E-state index in [9.17, 15) is 39.6 Å². The van der Waals surface area contributed by atoms with E-state index in [4.69, 9.17) is 30.6 Å². The van der Waals surface area contributed by atoms with Gasteiger partial charge in [-0.05, 0) is 13.8 Å². The Bertz CT molecular complexity index is 1250. The van der Waals surface area contributed by atoms with Crippen molar-refractivity contribution in [3.05, 3.63) is 12.0 Å². The summed E-state index contributed by atoms with van der Waals surface area (Å²) in [4.78, 5) is 18.4. The summed E-state index contributed by atoms with van der Waals surface area (Å²) >= 11 is 3.68. The standard InChI is InChI=1S/C20H35N5O14P2S/c1-7-3-20(16-10(25-7)17(22)24-6-23-16)19(2,31)15(21)9(37-20)5-35-41(34,42)39-40(32,33)38-18-13(30)11(28)12(29)14(36-18)8(27)4-26/h6-9,11-15,18,25-31H,3-5,21H2,1-2H3,(H,32,33)(H,34,42)(H2,22,23,24)/t7?,8-,9+,11?,12?,13?,14?,15+,18?,19+,20?,41?/m0/s1. The van der Waals surface area contributed by atoms with Crippen molar-refractivity contribution in [2.75, 3.05) is 24.3 Å². The van der Waals surface area contributed by atoms with Gasteiger partial charge in [-0.3, -0.25) is 9.05 Å². The third kappa shape index (κ3) is 6.23. The highest BCUT2D eigenvalue weighted by Crippen LogP contribution is 2.66. The van der Waals surface area contributed by atoms with E-state index in [1.165, 1.54) is 13.3 Å². The van der Waals surface area contributed by atoms with E-state index in [2.05, 4.69) is 36.4 Å². The van der Waals surface area contributed by atoms with E-state index in [-0.39, 0.29) is 24.0 Å². The summed E-state index contributed by atoms with van der Waals surface area (Å²) < 4.78 is 51.1. The molecule has 4 rings (SSSR count). The number of ether oxygens (including phenoxy) is 2. The van der Waals surface area contributed by atoms with Gasteiger partial charge in [0.1, 0.15) is 65.5 Å². The molecule has 3 aliphatic rings. The molecule has 3 aliphatic heterocycles. The zero-order valence-electron chi connectivity index (χ0n) is 22.3. The fourth-order valence-electron chi connectivity index (χ4n) is 5.30. The van der Waals surface area contributed by atoms with Gasteiger partial charge in [0, 0.05) is 12.5 Å². The number of thiol groups is 1. The van der Waals surface area contributed by atoms with Crippen LogP contribution in [0.4, 0.5) is 11.5 Å². The third-order valence-electron chi connectivity index (χ3n) is 7.48. The maximum Gasteiger partial charge on any atom is 0.482 e. The monoisotopic (exact) mass is 663 g/mol. The second-order valence-electron chi connectivity index (χ2n) is 10.5. The lowest BCUT2D eigenvalue weighted by molar-refractivity contribution is -0.292. The number of aromatic nitrogens is 2. The van der Waals surface area contributed by atoms with Gasteiger partial charge in [-0.2, -0.15) is 4.31 Å². The molecule has 42 heavy (non-hydrogen) atoms. The molecule has 240 valence electrons. The van der Waals surface area contributed by atoms with Crippen molar-refractivity contribution in [2.45, 2.75) is 86.5 Å². The number of anilines is 2. The Kier molecular flexibility index (Phi) is 9.71. The number of nitrogens with zero attached hydrogens (tertiary/aromatic N) is 2. The molecule has 19 nitrogen and oxygen atoms in total. The molecule has 0 aromatic carbocycles. The summed E-state index contributed by atoms with van der Waals surface area (Å²) in [5, 5.41) is 63.6. The number of nitrogens with one attached hydrogen (secondary N) is 1. The summed E-state index contributed by atoms with van der Waals surface area (Å²) in [6.07, 6.45) is -11.6. The molecule has 0 saturated carbocycles. The quantitative estimate of drug-likeness (QED) is 0.0944. The molecule has 1 spiro atoms. The van der Waals surface area contributed by atoms with Crippen LogP contribution in [0, 0.1) is 0 Å². The highest BCUT2D eigenvalue weighted by Gasteiger charge is 2.65. The minimum absolute atomic E-state index is 0.108. The number of hydrogen-bond acceptors (Lipinski definition) is 18. The van der Waals surface area contributed by atoms with Crippen molar-refractivity contribution in [3.8, 4) is 0 Å². The minimum atomic E-state index is -5.47. The largest absolute Gasteiger partial charge is 0.482 e. The van der Waals surface area contributed by atoms with E-state index in [0.717, 1.165) is 0 Å². The summed E-state index contributed by atoms with van der Waals surface area (Å²) in [6.45, 7) is -3.17.